The SMILES string of the molecule is CC/C=C\C/C=C\C/C=C\C/C=C\CCCCCCCCC(=O)OC(COC(=O)CCCCCCCCCCC/C=C\CCCCCCCC)COP(=O)(O)OCC. The van der Waals surface area contributed by atoms with Gasteiger partial charge in [0.25, 0.3) is 0 Å². The molecule has 0 aromatic heterocycles. The van der Waals surface area contributed by atoms with Crippen molar-refractivity contribution in [1.29, 1.82) is 0 Å². The van der Waals surface area contributed by atoms with E-state index in [2.05, 4.69) is 74.6 Å². The molecule has 336 valence electrons. The van der Waals surface area contributed by atoms with Crippen LogP contribution >= 0.6 is 7.82 Å². The molecule has 9 heteroatoms. The van der Waals surface area contributed by atoms with Gasteiger partial charge in [0.2, 0.25) is 0 Å². The first-order valence-electron chi connectivity index (χ1n) is 23.6. The van der Waals surface area contributed by atoms with Gasteiger partial charge in [0, 0.05) is 12.8 Å². The molecular formula is C49H87O8P. The number of esters is 2. The Morgan fingerprint density at radius 3 is 1.34 bits per heavy atom. The van der Waals surface area contributed by atoms with Gasteiger partial charge < -0.3 is 14.4 Å². The molecule has 0 heterocycles. The number of ether oxygens (including phenoxy) is 2. The second kappa shape index (κ2) is 44.3. The van der Waals surface area contributed by atoms with E-state index < -0.39 is 26.5 Å². The van der Waals surface area contributed by atoms with Crippen molar-refractivity contribution < 1.29 is 37.6 Å². The van der Waals surface area contributed by atoms with Crippen LogP contribution in [-0.4, -0.2) is 42.8 Å². The maximum atomic E-state index is 12.6. The zero-order valence-corrected chi connectivity index (χ0v) is 38.3. The van der Waals surface area contributed by atoms with Gasteiger partial charge in [0.15, 0.2) is 6.10 Å². The van der Waals surface area contributed by atoms with Crippen molar-refractivity contribution in [3.63, 3.8) is 0 Å². The van der Waals surface area contributed by atoms with Crippen LogP contribution in [0.25, 0.3) is 0 Å². The highest BCUT2D eigenvalue weighted by atomic mass is 31.2. The van der Waals surface area contributed by atoms with Crippen LogP contribution in [0.4, 0.5) is 0 Å². The third-order valence-corrected chi connectivity index (χ3v) is 10.9. The smallest absolute Gasteiger partial charge is 0.462 e. The highest BCUT2D eigenvalue weighted by Crippen LogP contribution is 2.43. The van der Waals surface area contributed by atoms with Gasteiger partial charge >= 0.3 is 19.8 Å². The van der Waals surface area contributed by atoms with E-state index in [0.717, 1.165) is 83.5 Å². The van der Waals surface area contributed by atoms with Gasteiger partial charge in [0.05, 0.1) is 13.2 Å². The van der Waals surface area contributed by atoms with Gasteiger partial charge in [-0.05, 0) is 84.0 Å². The van der Waals surface area contributed by atoms with E-state index in [-0.39, 0.29) is 32.0 Å². The predicted octanol–water partition coefficient (Wildman–Crippen LogP) is 15.1. The minimum atomic E-state index is -4.29. The van der Waals surface area contributed by atoms with Gasteiger partial charge in [-0.25, -0.2) is 4.57 Å². The molecule has 0 spiro atoms. The molecule has 0 aliphatic rings. The molecule has 0 aliphatic carbocycles. The lowest BCUT2D eigenvalue weighted by Crippen LogP contribution is -2.29. The summed E-state index contributed by atoms with van der Waals surface area (Å²) in [6.45, 7) is 5.35. The maximum absolute atomic E-state index is 12.6. The minimum Gasteiger partial charge on any atom is -0.462 e. The lowest BCUT2D eigenvalue weighted by atomic mass is 10.1. The van der Waals surface area contributed by atoms with Crippen LogP contribution < -0.4 is 0 Å². The molecule has 0 aromatic rings. The van der Waals surface area contributed by atoms with Crippen LogP contribution in [0, 0.1) is 0 Å². The van der Waals surface area contributed by atoms with E-state index in [1.807, 2.05) is 0 Å². The number of rotatable bonds is 43. The third kappa shape index (κ3) is 43.3. The molecule has 1 N–H and O–H groups in total. The van der Waals surface area contributed by atoms with E-state index in [1.54, 1.807) is 6.92 Å². The Kier molecular flexibility index (Phi) is 42.6. The Balaban J connectivity index is 4.06. The zero-order valence-electron chi connectivity index (χ0n) is 37.4. The van der Waals surface area contributed by atoms with Crippen LogP contribution in [0.1, 0.15) is 213 Å². The van der Waals surface area contributed by atoms with Crippen molar-refractivity contribution in [2.24, 2.45) is 0 Å². The van der Waals surface area contributed by atoms with Gasteiger partial charge in [-0.3, -0.25) is 18.6 Å². The molecule has 58 heavy (non-hydrogen) atoms. The Morgan fingerprint density at radius 1 is 0.483 bits per heavy atom. The molecule has 0 saturated carbocycles. The summed E-state index contributed by atoms with van der Waals surface area (Å²) < 4.78 is 32.7. The summed E-state index contributed by atoms with van der Waals surface area (Å²) in [5, 5.41) is 0. The van der Waals surface area contributed by atoms with Gasteiger partial charge in [-0.1, -0.05) is 177 Å². The highest BCUT2D eigenvalue weighted by Gasteiger charge is 2.25. The first-order valence-corrected chi connectivity index (χ1v) is 25.1. The van der Waals surface area contributed by atoms with Crippen molar-refractivity contribution in [2.45, 2.75) is 219 Å². The molecule has 0 saturated heterocycles. The number of carbonyl (C=O) groups is 2. The summed E-state index contributed by atoms with van der Waals surface area (Å²) in [5.74, 6) is -0.815. The number of hydrogen-bond donors (Lipinski definition) is 1. The number of hydrogen-bond acceptors (Lipinski definition) is 7. The van der Waals surface area contributed by atoms with Crippen LogP contribution in [-0.2, 0) is 32.7 Å². The number of carbonyl (C=O) groups excluding carboxylic acids is 2. The summed E-state index contributed by atoms with van der Waals surface area (Å²) in [7, 11) is -4.29. The largest absolute Gasteiger partial charge is 0.472 e. The van der Waals surface area contributed by atoms with E-state index in [0.29, 0.717) is 6.42 Å². The van der Waals surface area contributed by atoms with Gasteiger partial charge in [0.1, 0.15) is 6.61 Å². The molecular weight excluding hydrogens is 748 g/mol. The second-order valence-electron chi connectivity index (χ2n) is 15.4. The fourth-order valence-corrected chi connectivity index (χ4v) is 7.14. The van der Waals surface area contributed by atoms with Crippen LogP contribution in [0.15, 0.2) is 60.8 Å². The molecule has 8 nitrogen and oxygen atoms in total. The molecule has 2 unspecified atom stereocenters. The average Bonchev–Trinajstić information content (AvgIpc) is 3.20. The van der Waals surface area contributed by atoms with E-state index >= 15 is 0 Å². The van der Waals surface area contributed by atoms with Gasteiger partial charge in [-0.15, -0.1) is 0 Å². The monoisotopic (exact) mass is 835 g/mol. The van der Waals surface area contributed by atoms with E-state index in [1.165, 1.54) is 89.9 Å². The average molecular weight is 835 g/mol. The maximum Gasteiger partial charge on any atom is 0.472 e. The Bertz CT molecular complexity index is 1130. The Labute approximate surface area is 356 Å². The second-order valence-corrected chi connectivity index (χ2v) is 16.8. The quantitative estimate of drug-likeness (QED) is 0.0280. The summed E-state index contributed by atoms with van der Waals surface area (Å²) in [5.41, 5.74) is 0. The fourth-order valence-electron chi connectivity index (χ4n) is 6.38. The van der Waals surface area contributed by atoms with E-state index in [9.17, 15) is 19.0 Å². The summed E-state index contributed by atoms with van der Waals surface area (Å²) in [6.07, 6.45) is 54.2. The molecule has 0 amide bonds. The number of unbranched alkanes of at least 4 members (excludes halogenated alkanes) is 21. The van der Waals surface area contributed by atoms with Crippen molar-refractivity contribution in [1.82, 2.24) is 0 Å². The molecule has 0 bridgehead atoms. The molecule has 0 radical (unpaired) electrons. The summed E-state index contributed by atoms with van der Waals surface area (Å²) in [6, 6.07) is 0. The van der Waals surface area contributed by atoms with E-state index in [4.69, 9.17) is 18.5 Å². The van der Waals surface area contributed by atoms with Crippen LogP contribution in [0.5, 0.6) is 0 Å². The standard InChI is InChI=1S/C49H87O8P/c1-4-7-9-11-13-15-17-19-21-23-25-27-29-31-33-35-37-39-41-43-48(50)54-45-47(46-56-58(52,53)55-6-3)57-49(51)44-42-40-38-36-34-32-30-28-26-24-22-20-18-16-14-12-10-8-5-2/h8,10,14,16,19-22,26,28,47H,4-7,9,11-13,15,17-18,23-25,27,29-46H2,1-3H3,(H,52,53)/b10-8-,16-14-,21-19-,22-20-,28-26-. The van der Waals surface area contributed by atoms with Crippen molar-refractivity contribution in [3.8, 4) is 0 Å². The topological polar surface area (TPSA) is 108 Å². The first kappa shape index (κ1) is 55.8. The lowest BCUT2D eigenvalue weighted by Gasteiger charge is -2.19. The highest BCUT2D eigenvalue weighted by molar-refractivity contribution is 7.47. The molecule has 0 fully saturated rings. The predicted molar refractivity (Wildman–Crippen MR) is 244 cm³/mol. The van der Waals surface area contributed by atoms with Crippen molar-refractivity contribution in [2.75, 3.05) is 19.8 Å². The fraction of sp³-hybridized carbons (Fsp3) is 0.755. The number of phosphoric ester groups is 1. The molecule has 0 aliphatic heterocycles. The van der Waals surface area contributed by atoms with Crippen molar-refractivity contribution >= 4 is 19.8 Å². The van der Waals surface area contributed by atoms with Crippen LogP contribution in [0.3, 0.4) is 0 Å². The number of phosphoric acid groups is 1. The first-order chi connectivity index (χ1) is 28.3. The Hall–Kier alpha value is -2.25. The summed E-state index contributed by atoms with van der Waals surface area (Å²) >= 11 is 0. The number of allylic oxidation sites excluding steroid dienone is 10. The minimum absolute atomic E-state index is 0.00505. The van der Waals surface area contributed by atoms with Crippen LogP contribution in [0.2, 0.25) is 0 Å². The van der Waals surface area contributed by atoms with Crippen molar-refractivity contribution in [3.05, 3.63) is 60.8 Å². The third-order valence-electron chi connectivity index (χ3n) is 9.81. The zero-order chi connectivity index (χ0) is 42.5. The Morgan fingerprint density at radius 2 is 0.879 bits per heavy atom. The normalized spacial score (nSPS) is 13.8. The molecule has 2 atom stereocenters. The van der Waals surface area contributed by atoms with Gasteiger partial charge in [-0.2, -0.15) is 0 Å². The lowest BCUT2D eigenvalue weighted by molar-refractivity contribution is -0.161. The molecule has 0 aromatic carbocycles. The molecule has 0 rings (SSSR count). The summed E-state index contributed by atoms with van der Waals surface area (Å²) in [4.78, 5) is 34.9.